The quantitative estimate of drug-likeness (QED) is 0.378. The van der Waals surface area contributed by atoms with Gasteiger partial charge >= 0.3 is 5.97 Å². The van der Waals surface area contributed by atoms with Crippen molar-refractivity contribution >= 4 is 17.4 Å². The zero-order chi connectivity index (χ0) is 24.9. The second kappa shape index (κ2) is 8.67. The van der Waals surface area contributed by atoms with E-state index in [1.165, 1.54) is 12.1 Å². The lowest BCUT2D eigenvalue weighted by atomic mass is 9.68. The minimum Gasteiger partial charge on any atom is -0.459 e. The van der Waals surface area contributed by atoms with Crippen molar-refractivity contribution in [3.05, 3.63) is 50.4 Å². The van der Waals surface area contributed by atoms with Crippen LogP contribution in [0.3, 0.4) is 0 Å². The second-order valence-electron chi connectivity index (χ2n) is 10.2. The lowest BCUT2D eigenvalue weighted by Gasteiger charge is -2.39. The molecule has 186 valence electrons. The van der Waals surface area contributed by atoms with Crippen molar-refractivity contribution in [2.75, 3.05) is 20.0 Å². The van der Waals surface area contributed by atoms with Crippen LogP contribution in [0.25, 0.3) is 0 Å². The van der Waals surface area contributed by atoms with E-state index in [2.05, 4.69) is 5.32 Å². The van der Waals surface area contributed by atoms with Gasteiger partial charge in [-0.1, -0.05) is 13.8 Å². The summed E-state index contributed by atoms with van der Waals surface area (Å²) in [7, 11) is 0. The van der Waals surface area contributed by atoms with Crippen molar-refractivity contribution in [2.45, 2.75) is 58.5 Å². The molecule has 0 bridgehead atoms. The Labute approximate surface area is 202 Å². The van der Waals surface area contributed by atoms with Crippen LogP contribution in [0.1, 0.15) is 57.9 Å². The van der Waals surface area contributed by atoms with Gasteiger partial charge < -0.3 is 24.3 Å². The first-order chi connectivity index (χ1) is 16.6. The van der Waals surface area contributed by atoms with Crippen LogP contribution in [0.5, 0.6) is 11.5 Å². The Balaban J connectivity index is 1.63. The number of carbonyl (C=O) groups excluding carboxylic acids is 2. The van der Waals surface area contributed by atoms with Crippen LogP contribution < -0.4 is 14.8 Å². The number of allylic oxidation sites excluding steroid dienone is 3. The molecule has 0 aromatic heterocycles. The fourth-order valence-electron chi connectivity index (χ4n) is 5.38. The van der Waals surface area contributed by atoms with Crippen LogP contribution in [0.2, 0.25) is 0 Å². The van der Waals surface area contributed by atoms with Gasteiger partial charge in [0, 0.05) is 35.6 Å². The van der Waals surface area contributed by atoms with Crippen LogP contribution in [-0.4, -0.2) is 42.8 Å². The van der Waals surface area contributed by atoms with E-state index in [0.29, 0.717) is 35.7 Å². The Bertz CT molecular complexity index is 1180. The van der Waals surface area contributed by atoms with Crippen molar-refractivity contribution in [1.29, 1.82) is 0 Å². The van der Waals surface area contributed by atoms with Gasteiger partial charge in [-0.2, -0.15) is 0 Å². The fourth-order valence-corrected chi connectivity index (χ4v) is 5.38. The van der Waals surface area contributed by atoms with Crippen LogP contribution in [0.4, 0.5) is 5.69 Å². The number of nitro groups is 1. The normalized spacial score (nSPS) is 24.8. The molecule has 3 aliphatic heterocycles. The number of nitrogens with one attached hydrogen (secondary N) is 1. The monoisotopic (exact) mass is 484 g/mol. The molecule has 0 amide bonds. The van der Waals surface area contributed by atoms with Crippen LogP contribution in [-0.2, 0) is 19.1 Å². The van der Waals surface area contributed by atoms with E-state index < -0.39 is 16.8 Å². The highest BCUT2D eigenvalue weighted by Crippen LogP contribution is 2.51. The molecule has 1 aromatic rings. The summed E-state index contributed by atoms with van der Waals surface area (Å²) in [5.74, 6) is -1.17. The van der Waals surface area contributed by atoms with Gasteiger partial charge in [-0.05, 0) is 37.7 Å². The number of nitrogens with zero attached hydrogens (tertiary/aromatic N) is 1. The molecule has 1 aliphatic carbocycles. The highest BCUT2D eigenvalue weighted by Gasteiger charge is 2.46. The van der Waals surface area contributed by atoms with Crippen LogP contribution in [0.15, 0.2) is 34.7 Å². The predicted molar refractivity (Wildman–Crippen MR) is 123 cm³/mol. The summed E-state index contributed by atoms with van der Waals surface area (Å²) in [4.78, 5) is 38.5. The van der Waals surface area contributed by atoms with Crippen molar-refractivity contribution in [1.82, 2.24) is 5.32 Å². The topological polar surface area (TPSA) is 126 Å². The Hall–Kier alpha value is -3.40. The van der Waals surface area contributed by atoms with E-state index in [-0.39, 0.29) is 59.7 Å². The Morgan fingerprint density at radius 1 is 1.26 bits per heavy atom. The number of ether oxygens (including phenoxy) is 4. The van der Waals surface area contributed by atoms with E-state index in [4.69, 9.17) is 18.9 Å². The molecule has 1 N–H and O–H groups in total. The molecule has 1 fully saturated rings. The van der Waals surface area contributed by atoms with Crippen molar-refractivity contribution in [3.8, 4) is 11.5 Å². The molecule has 5 rings (SSSR count). The standard InChI is InChI=1S/C25H28N2O8/c1-13-21(24(29)33-11-14-5-4-6-32-14)22(23-16(26-13)9-25(2,3)10-18(23)28)15-7-19-20(35-12-34-19)8-17(15)27(30)31/h7-8,14,22,26H,4-6,9-12H2,1-3H3/t14-,22+/m0/s1. The van der Waals surface area contributed by atoms with E-state index >= 15 is 0 Å². The molecule has 0 spiro atoms. The number of rotatable bonds is 5. The first-order valence-corrected chi connectivity index (χ1v) is 11.8. The number of dihydropyridines is 1. The minimum absolute atomic E-state index is 0.0611. The third kappa shape index (κ3) is 4.27. The molecule has 2 atom stereocenters. The zero-order valence-electron chi connectivity index (χ0n) is 20.0. The second-order valence-corrected chi connectivity index (χ2v) is 10.2. The number of carbonyl (C=O) groups is 2. The summed E-state index contributed by atoms with van der Waals surface area (Å²) in [6.07, 6.45) is 2.35. The van der Waals surface area contributed by atoms with E-state index in [9.17, 15) is 19.7 Å². The summed E-state index contributed by atoms with van der Waals surface area (Å²) in [6, 6.07) is 2.80. The summed E-state index contributed by atoms with van der Waals surface area (Å²) in [5, 5.41) is 15.4. The summed E-state index contributed by atoms with van der Waals surface area (Å²) < 4.78 is 22.0. The number of esters is 1. The maximum absolute atomic E-state index is 13.5. The molecular formula is C25H28N2O8. The molecule has 4 aliphatic rings. The summed E-state index contributed by atoms with van der Waals surface area (Å²) in [5.41, 5.74) is 1.39. The van der Waals surface area contributed by atoms with Gasteiger partial charge in [-0.25, -0.2) is 4.79 Å². The van der Waals surface area contributed by atoms with Gasteiger partial charge in [-0.15, -0.1) is 0 Å². The van der Waals surface area contributed by atoms with Gasteiger partial charge in [0.1, 0.15) is 6.61 Å². The van der Waals surface area contributed by atoms with Gasteiger partial charge in [0.15, 0.2) is 17.3 Å². The molecule has 1 aromatic carbocycles. The molecule has 3 heterocycles. The molecule has 35 heavy (non-hydrogen) atoms. The first-order valence-electron chi connectivity index (χ1n) is 11.8. The highest BCUT2D eigenvalue weighted by atomic mass is 16.7. The van der Waals surface area contributed by atoms with Crippen molar-refractivity contribution in [2.24, 2.45) is 5.41 Å². The number of ketones is 1. The molecule has 0 saturated carbocycles. The van der Waals surface area contributed by atoms with Crippen LogP contribution >= 0.6 is 0 Å². The first kappa shape index (κ1) is 23.3. The Morgan fingerprint density at radius 3 is 2.69 bits per heavy atom. The van der Waals surface area contributed by atoms with Gasteiger partial charge in [0.25, 0.3) is 5.69 Å². The van der Waals surface area contributed by atoms with E-state index in [1.807, 2.05) is 13.8 Å². The highest BCUT2D eigenvalue weighted by molar-refractivity contribution is 6.04. The summed E-state index contributed by atoms with van der Waals surface area (Å²) in [6.45, 7) is 6.37. The average Bonchev–Trinajstić information content (AvgIpc) is 3.46. The third-order valence-electron chi connectivity index (χ3n) is 6.91. The number of hydrogen-bond acceptors (Lipinski definition) is 9. The fraction of sp³-hybridized carbons (Fsp3) is 0.520. The molecule has 1 saturated heterocycles. The molecule has 10 nitrogen and oxygen atoms in total. The minimum atomic E-state index is -0.971. The van der Waals surface area contributed by atoms with E-state index in [1.54, 1.807) is 6.92 Å². The Morgan fingerprint density at radius 2 is 2.00 bits per heavy atom. The SMILES string of the molecule is CC1=C(C(=O)OC[C@@H]2CCCO2)[C@@H](c2cc3c(cc2[N+](=O)[O-])OCO3)C2=C(CC(C)(C)CC2=O)N1. The van der Waals surface area contributed by atoms with Gasteiger partial charge in [0.05, 0.1) is 28.6 Å². The third-order valence-corrected chi connectivity index (χ3v) is 6.91. The largest absolute Gasteiger partial charge is 0.459 e. The molecule has 10 heteroatoms. The average molecular weight is 485 g/mol. The van der Waals surface area contributed by atoms with Crippen molar-refractivity contribution in [3.63, 3.8) is 0 Å². The van der Waals surface area contributed by atoms with Gasteiger partial charge in [-0.3, -0.25) is 14.9 Å². The number of benzene rings is 1. The number of Topliss-reactive ketones (excluding diaryl/α,β-unsaturated/α-hetero) is 1. The smallest absolute Gasteiger partial charge is 0.336 e. The maximum Gasteiger partial charge on any atom is 0.336 e. The van der Waals surface area contributed by atoms with Crippen LogP contribution in [0, 0.1) is 15.5 Å². The maximum atomic E-state index is 13.5. The molecule has 0 radical (unpaired) electrons. The molecule has 0 unspecified atom stereocenters. The van der Waals surface area contributed by atoms with Crippen molar-refractivity contribution < 1.29 is 33.5 Å². The number of fused-ring (bicyclic) bond motifs is 1. The Kier molecular flexibility index (Phi) is 5.79. The molecular weight excluding hydrogens is 456 g/mol. The number of nitro benzene ring substituents is 1. The van der Waals surface area contributed by atoms with E-state index in [0.717, 1.165) is 12.8 Å². The lowest BCUT2D eigenvalue weighted by molar-refractivity contribution is -0.385. The zero-order valence-corrected chi connectivity index (χ0v) is 20.0. The predicted octanol–water partition coefficient (Wildman–Crippen LogP) is 3.65. The number of hydrogen-bond donors (Lipinski definition) is 1. The summed E-state index contributed by atoms with van der Waals surface area (Å²) >= 11 is 0. The lowest BCUT2D eigenvalue weighted by Crippen LogP contribution is -2.39. The van der Waals surface area contributed by atoms with Gasteiger partial charge in [0.2, 0.25) is 6.79 Å².